The molecule has 0 saturated heterocycles. The Morgan fingerprint density at radius 1 is 1.33 bits per heavy atom. The van der Waals surface area contributed by atoms with E-state index in [1.165, 1.54) is 6.26 Å². The van der Waals surface area contributed by atoms with Gasteiger partial charge in [0.05, 0.1) is 17.2 Å². The zero-order chi connectivity index (χ0) is 9.19. The van der Waals surface area contributed by atoms with Crippen LogP contribution >= 0.6 is 0 Å². The summed E-state index contributed by atoms with van der Waals surface area (Å²) in [5, 5.41) is 8.30. The topological polar surface area (TPSA) is 57.9 Å². The summed E-state index contributed by atoms with van der Waals surface area (Å²) in [7, 11) is -3.01. The Morgan fingerprint density at radius 3 is 2.33 bits per heavy atom. The summed E-state index contributed by atoms with van der Waals surface area (Å²) >= 11 is 0. The van der Waals surface area contributed by atoms with E-state index < -0.39 is 15.1 Å². The number of nitrogens with zero attached hydrogens (tertiary/aromatic N) is 1. The van der Waals surface area contributed by atoms with Crippen molar-refractivity contribution in [1.82, 2.24) is 0 Å². The van der Waals surface area contributed by atoms with Crippen molar-refractivity contribution in [2.24, 2.45) is 5.92 Å². The van der Waals surface area contributed by atoms with Crippen LogP contribution in [0.2, 0.25) is 0 Å². The summed E-state index contributed by atoms with van der Waals surface area (Å²) in [4.78, 5) is 0. The molecule has 1 rings (SSSR count). The maximum atomic E-state index is 11.2. The van der Waals surface area contributed by atoms with Crippen LogP contribution < -0.4 is 0 Å². The molecule has 0 bridgehead atoms. The molecule has 1 saturated carbocycles. The van der Waals surface area contributed by atoms with E-state index in [4.69, 9.17) is 5.26 Å². The van der Waals surface area contributed by atoms with Gasteiger partial charge in [-0.2, -0.15) is 5.26 Å². The first kappa shape index (κ1) is 9.53. The zero-order valence-corrected chi connectivity index (χ0v) is 7.97. The highest BCUT2D eigenvalue weighted by Gasteiger charge is 2.32. The van der Waals surface area contributed by atoms with Gasteiger partial charge < -0.3 is 0 Å². The van der Waals surface area contributed by atoms with Crippen LogP contribution in [0.1, 0.15) is 25.7 Å². The van der Waals surface area contributed by atoms with Crippen LogP contribution in [0.5, 0.6) is 0 Å². The second-order valence-corrected chi connectivity index (χ2v) is 5.65. The third-order valence-electron chi connectivity index (χ3n) is 2.42. The summed E-state index contributed by atoms with van der Waals surface area (Å²) in [5.41, 5.74) is 0. The average Bonchev–Trinajstić information content (AvgIpc) is 2.03. The molecule has 68 valence electrons. The van der Waals surface area contributed by atoms with Crippen molar-refractivity contribution in [2.45, 2.75) is 30.9 Å². The van der Waals surface area contributed by atoms with Crippen LogP contribution in [0.15, 0.2) is 0 Å². The number of hydrogen-bond donors (Lipinski definition) is 0. The molecule has 2 unspecified atom stereocenters. The minimum Gasteiger partial charge on any atom is -0.229 e. The highest BCUT2D eigenvalue weighted by atomic mass is 32.2. The van der Waals surface area contributed by atoms with E-state index in [1.54, 1.807) is 0 Å². The van der Waals surface area contributed by atoms with E-state index in [1.807, 2.05) is 0 Å². The molecule has 0 heterocycles. The predicted molar refractivity (Wildman–Crippen MR) is 46.2 cm³/mol. The van der Waals surface area contributed by atoms with Crippen molar-refractivity contribution in [3.8, 4) is 6.07 Å². The van der Waals surface area contributed by atoms with E-state index in [0.29, 0.717) is 6.42 Å². The van der Waals surface area contributed by atoms with Gasteiger partial charge in [0.15, 0.2) is 9.84 Å². The molecule has 1 aliphatic carbocycles. The van der Waals surface area contributed by atoms with Crippen LogP contribution in [-0.2, 0) is 9.84 Å². The van der Waals surface area contributed by atoms with Crippen LogP contribution in [0.3, 0.4) is 0 Å². The number of nitriles is 1. The fourth-order valence-corrected chi connectivity index (χ4v) is 3.15. The van der Waals surface area contributed by atoms with Crippen molar-refractivity contribution in [1.29, 1.82) is 5.26 Å². The lowest BCUT2D eigenvalue weighted by molar-refractivity contribution is 0.420. The van der Waals surface area contributed by atoms with Gasteiger partial charge in [-0.1, -0.05) is 12.8 Å². The smallest absolute Gasteiger partial charge is 0.151 e. The molecule has 0 aromatic carbocycles. The monoisotopic (exact) mass is 187 g/mol. The largest absolute Gasteiger partial charge is 0.229 e. The second kappa shape index (κ2) is 3.44. The van der Waals surface area contributed by atoms with Crippen LogP contribution in [0.4, 0.5) is 0 Å². The Morgan fingerprint density at radius 2 is 1.92 bits per heavy atom. The zero-order valence-electron chi connectivity index (χ0n) is 7.16. The van der Waals surface area contributed by atoms with Gasteiger partial charge in [-0.3, -0.25) is 0 Å². The molecule has 2 atom stereocenters. The van der Waals surface area contributed by atoms with Gasteiger partial charge in [0.25, 0.3) is 0 Å². The minimum absolute atomic E-state index is 0.270. The average molecular weight is 187 g/mol. The van der Waals surface area contributed by atoms with E-state index in [-0.39, 0.29) is 5.92 Å². The van der Waals surface area contributed by atoms with Crippen molar-refractivity contribution < 1.29 is 8.42 Å². The first-order valence-electron chi connectivity index (χ1n) is 4.14. The van der Waals surface area contributed by atoms with Crippen molar-refractivity contribution >= 4 is 9.84 Å². The maximum Gasteiger partial charge on any atom is 0.151 e. The number of hydrogen-bond acceptors (Lipinski definition) is 3. The SMILES string of the molecule is CS(=O)(=O)C1CCCCC1C#N. The molecule has 0 aliphatic heterocycles. The Bertz CT molecular complexity index is 289. The van der Waals surface area contributed by atoms with Crippen molar-refractivity contribution in [3.63, 3.8) is 0 Å². The first-order valence-corrected chi connectivity index (χ1v) is 6.09. The Balaban J connectivity index is 2.81. The summed E-state index contributed by atoms with van der Waals surface area (Å²) in [5.74, 6) is -0.270. The van der Waals surface area contributed by atoms with Gasteiger partial charge in [-0.05, 0) is 12.8 Å². The maximum absolute atomic E-state index is 11.2. The fraction of sp³-hybridized carbons (Fsp3) is 0.875. The quantitative estimate of drug-likeness (QED) is 0.618. The lowest BCUT2D eigenvalue weighted by atomic mass is 9.90. The molecular weight excluding hydrogens is 174 g/mol. The summed E-state index contributed by atoms with van der Waals surface area (Å²) in [6, 6.07) is 2.08. The molecular formula is C8H13NO2S. The molecule has 1 aliphatic rings. The molecule has 0 N–H and O–H groups in total. The normalized spacial score (nSPS) is 31.0. The predicted octanol–water partition coefficient (Wildman–Crippen LogP) is 1.11. The second-order valence-electron chi connectivity index (χ2n) is 3.39. The van der Waals surface area contributed by atoms with Gasteiger partial charge in [-0.25, -0.2) is 8.42 Å². The fourth-order valence-electron chi connectivity index (χ4n) is 1.76. The lowest BCUT2D eigenvalue weighted by Gasteiger charge is -2.24. The number of sulfone groups is 1. The number of rotatable bonds is 1. The standard InChI is InChI=1S/C8H13NO2S/c1-12(10,11)8-5-3-2-4-7(8)6-9/h7-8H,2-5H2,1H3. The Labute approximate surface area is 73.3 Å². The summed E-state index contributed by atoms with van der Waals surface area (Å²) in [6.45, 7) is 0. The third-order valence-corrected chi connectivity index (χ3v) is 4.08. The third kappa shape index (κ3) is 1.98. The molecule has 0 aromatic rings. The first-order chi connectivity index (χ1) is 5.55. The van der Waals surface area contributed by atoms with Gasteiger partial charge in [0, 0.05) is 6.26 Å². The Hall–Kier alpha value is -0.560. The molecule has 3 nitrogen and oxygen atoms in total. The molecule has 0 aromatic heterocycles. The van der Waals surface area contributed by atoms with E-state index >= 15 is 0 Å². The molecule has 0 amide bonds. The molecule has 1 fully saturated rings. The van der Waals surface area contributed by atoms with Crippen LogP contribution in [-0.4, -0.2) is 19.9 Å². The van der Waals surface area contributed by atoms with Gasteiger partial charge >= 0.3 is 0 Å². The molecule has 0 radical (unpaired) electrons. The molecule has 12 heavy (non-hydrogen) atoms. The van der Waals surface area contributed by atoms with E-state index in [0.717, 1.165) is 19.3 Å². The molecule has 0 spiro atoms. The summed E-state index contributed by atoms with van der Waals surface area (Å²) < 4.78 is 22.4. The van der Waals surface area contributed by atoms with E-state index in [2.05, 4.69) is 6.07 Å². The summed E-state index contributed by atoms with van der Waals surface area (Å²) in [6.07, 6.45) is 4.57. The van der Waals surface area contributed by atoms with Crippen molar-refractivity contribution in [3.05, 3.63) is 0 Å². The minimum atomic E-state index is -3.01. The highest BCUT2D eigenvalue weighted by molar-refractivity contribution is 7.91. The van der Waals surface area contributed by atoms with Crippen molar-refractivity contribution in [2.75, 3.05) is 6.26 Å². The van der Waals surface area contributed by atoms with E-state index in [9.17, 15) is 8.42 Å². The lowest BCUT2D eigenvalue weighted by Crippen LogP contribution is -2.31. The van der Waals surface area contributed by atoms with Gasteiger partial charge in [-0.15, -0.1) is 0 Å². The van der Waals surface area contributed by atoms with Crippen LogP contribution in [0.25, 0.3) is 0 Å². The molecule has 4 heteroatoms. The highest BCUT2D eigenvalue weighted by Crippen LogP contribution is 2.28. The van der Waals surface area contributed by atoms with Gasteiger partial charge in [0.2, 0.25) is 0 Å². The van der Waals surface area contributed by atoms with Crippen LogP contribution in [0, 0.1) is 17.2 Å². The Kier molecular flexibility index (Phi) is 2.73. The van der Waals surface area contributed by atoms with Gasteiger partial charge in [0.1, 0.15) is 0 Å².